The summed E-state index contributed by atoms with van der Waals surface area (Å²) >= 11 is 0. The van der Waals surface area contributed by atoms with Gasteiger partial charge in [-0.1, -0.05) is 23.8 Å². The zero-order valence-electron chi connectivity index (χ0n) is 11.9. The van der Waals surface area contributed by atoms with E-state index < -0.39 is 17.7 Å². The lowest BCUT2D eigenvalue weighted by molar-refractivity contribution is 0.174. The molecule has 0 aromatic heterocycles. The maximum atomic E-state index is 13.6. The van der Waals surface area contributed by atoms with E-state index in [0.717, 1.165) is 22.3 Å². The lowest BCUT2D eigenvalue weighted by Crippen LogP contribution is -2.09. The van der Waals surface area contributed by atoms with E-state index in [1.807, 2.05) is 32.9 Å². The molecule has 3 heteroatoms. The summed E-state index contributed by atoms with van der Waals surface area (Å²) < 4.78 is 27.3. The van der Waals surface area contributed by atoms with Crippen molar-refractivity contribution in [2.75, 3.05) is 0 Å². The zero-order chi connectivity index (χ0) is 14.9. The number of aryl methyl sites for hydroxylation is 3. The van der Waals surface area contributed by atoms with Crippen molar-refractivity contribution in [3.8, 4) is 0 Å². The van der Waals surface area contributed by atoms with Crippen LogP contribution in [0.1, 0.15) is 33.9 Å². The molecule has 0 radical (unpaired) electrons. The van der Waals surface area contributed by atoms with Crippen LogP contribution in [0, 0.1) is 32.4 Å². The molecule has 20 heavy (non-hydrogen) atoms. The molecule has 0 aliphatic rings. The first-order chi connectivity index (χ1) is 9.40. The van der Waals surface area contributed by atoms with Gasteiger partial charge in [-0.2, -0.15) is 0 Å². The fraction of sp³-hybridized carbons (Fsp3) is 0.294. The van der Waals surface area contributed by atoms with Crippen LogP contribution in [0.25, 0.3) is 0 Å². The van der Waals surface area contributed by atoms with Crippen molar-refractivity contribution in [2.45, 2.75) is 33.3 Å². The van der Waals surface area contributed by atoms with Crippen molar-refractivity contribution >= 4 is 0 Å². The van der Waals surface area contributed by atoms with Crippen molar-refractivity contribution in [1.29, 1.82) is 0 Å². The largest absolute Gasteiger partial charge is 0.388 e. The molecular weight excluding hydrogens is 258 g/mol. The van der Waals surface area contributed by atoms with Crippen molar-refractivity contribution < 1.29 is 13.9 Å². The van der Waals surface area contributed by atoms with E-state index in [2.05, 4.69) is 0 Å². The Labute approximate surface area is 117 Å². The summed E-state index contributed by atoms with van der Waals surface area (Å²) in [5.41, 5.74) is 3.66. The summed E-state index contributed by atoms with van der Waals surface area (Å²) in [6.07, 6.45) is -0.981. The van der Waals surface area contributed by atoms with Gasteiger partial charge in [-0.15, -0.1) is 0 Å². The standard InChI is InChI=1S/C17H18F2O/c1-10-7-11(2)17(12(3)8-10)16(20)9-13-14(18)5-4-6-15(13)19/h4-8,16,20H,9H2,1-3H3. The molecule has 0 aliphatic heterocycles. The molecule has 1 atom stereocenters. The predicted molar refractivity (Wildman–Crippen MR) is 75.7 cm³/mol. The van der Waals surface area contributed by atoms with Crippen LogP contribution in [0.3, 0.4) is 0 Å². The molecule has 0 amide bonds. The van der Waals surface area contributed by atoms with Gasteiger partial charge in [0, 0.05) is 12.0 Å². The summed E-state index contributed by atoms with van der Waals surface area (Å²) in [6.45, 7) is 5.78. The number of aliphatic hydroxyl groups is 1. The number of hydrogen-bond donors (Lipinski definition) is 1. The third-order valence-electron chi connectivity index (χ3n) is 3.53. The van der Waals surface area contributed by atoms with Crippen LogP contribution >= 0.6 is 0 Å². The number of rotatable bonds is 3. The van der Waals surface area contributed by atoms with Gasteiger partial charge >= 0.3 is 0 Å². The van der Waals surface area contributed by atoms with Crippen molar-refractivity contribution in [3.05, 3.63) is 69.8 Å². The van der Waals surface area contributed by atoms with E-state index >= 15 is 0 Å². The van der Waals surface area contributed by atoms with Gasteiger partial charge in [0.2, 0.25) is 0 Å². The Bertz CT molecular complexity index is 592. The third kappa shape index (κ3) is 2.88. The predicted octanol–water partition coefficient (Wildman–Crippen LogP) is 4.17. The van der Waals surface area contributed by atoms with E-state index in [4.69, 9.17) is 0 Å². The molecule has 0 saturated carbocycles. The van der Waals surface area contributed by atoms with Crippen molar-refractivity contribution in [1.82, 2.24) is 0 Å². The molecule has 1 unspecified atom stereocenters. The van der Waals surface area contributed by atoms with Crippen LogP contribution in [0.2, 0.25) is 0 Å². The van der Waals surface area contributed by atoms with E-state index in [0.29, 0.717) is 0 Å². The third-order valence-corrected chi connectivity index (χ3v) is 3.53. The summed E-state index contributed by atoms with van der Waals surface area (Å²) in [4.78, 5) is 0. The second kappa shape index (κ2) is 5.71. The fourth-order valence-corrected chi connectivity index (χ4v) is 2.74. The molecule has 1 nitrogen and oxygen atoms in total. The molecule has 0 heterocycles. The highest BCUT2D eigenvalue weighted by molar-refractivity contribution is 5.39. The molecular formula is C17H18F2O. The van der Waals surface area contributed by atoms with Crippen LogP contribution in [0.4, 0.5) is 8.78 Å². The zero-order valence-corrected chi connectivity index (χ0v) is 11.9. The monoisotopic (exact) mass is 276 g/mol. The number of halogens is 2. The Morgan fingerprint density at radius 2 is 1.50 bits per heavy atom. The van der Waals surface area contributed by atoms with Gasteiger partial charge in [0.1, 0.15) is 11.6 Å². The van der Waals surface area contributed by atoms with Gasteiger partial charge in [0.05, 0.1) is 6.10 Å². The SMILES string of the molecule is Cc1cc(C)c(C(O)Cc2c(F)cccc2F)c(C)c1. The van der Waals surface area contributed by atoms with Gasteiger partial charge in [0.25, 0.3) is 0 Å². The maximum absolute atomic E-state index is 13.6. The summed E-state index contributed by atoms with van der Waals surface area (Å²) in [6, 6.07) is 7.66. The molecule has 2 aromatic rings. The molecule has 0 bridgehead atoms. The highest BCUT2D eigenvalue weighted by Gasteiger charge is 2.18. The van der Waals surface area contributed by atoms with Gasteiger partial charge in [0.15, 0.2) is 0 Å². The lowest BCUT2D eigenvalue weighted by Gasteiger charge is -2.18. The molecule has 106 valence electrons. The van der Waals surface area contributed by atoms with Gasteiger partial charge < -0.3 is 5.11 Å². The van der Waals surface area contributed by atoms with Gasteiger partial charge in [-0.3, -0.25) is 0 Å². The normalized spacial score (nSPS) is 12.5. The molecule has 0 saturated heterocycles. The van der Waals surface area contributed by atoms with Gasteiger partial charge in [-0.25, -0.2) is 8.78 Å². The van der Waals surface area contributed by atoms with E-state index in [1.54, 1.807) is 0 Å². The van der Waals surface area contributed by atoms with Crippen LogP contribution in [-0.2, 0) is 6.42 Å². The molecule has 1 N–H and O–H groups in total. The first-order valence-electron chi connectivity index (χ1n) is 6.59. The molecule has 2 aromatic carbocycles. The van der Waals surface area contributed by atoms with Crippen molar-refractivity contribution in [3.63, 3.8) is 0 Å². The maximum Gasteiger partial charge on any atom is 0.129 e. The first-order valence-corrected chi connectivity index (χ1v) is 6.59. The topological polar surface area (TPSA) is 20.2 Å². The Morgan fingerprint density at radius 3 is 2.00 bits per heavy atom. The Balaban J connectivity index is 2.36. The Hall–Kier alpha value is -1.74. The Kier molecular flexibility index (Phi) is 4.19. The minimum Gasteiger partial charge on any atom is -0.388 e. The fourth-order valence-electron chi connectivity index (χ4n) is 2.74. The number of aliphatic hydroxyl groups excluding tert-OH is 1. The average molecular weight is 276 g/mol. The molecule has 2 rings (SSSR count). The lowest BCUT2D eigenvalue weighted by atomic mass is 9.92. The van der Waals surface area contributed by atoms with Crippen LogP contribution in [-0.4, -0.2) is 5.11 Å². The minimum absolute atomic E-state index is 0.0662. The van der Waals surface area contributed by atoms with Crippen LogP contribution < -0.4 is 0 Å². The van der Waals surface area contributed by atoms with E-state index in [9.17, 15) is 13.9 Å². The van der Waals surface area contributed by atoms with E-state index in [-0.39, 0.29) is 12.0 Å². The molecule has 0 fully saturated rings. The van der Waals surface area contributed by atoms with Crippen LogP contribution in [0.15, 0.2) is 30.3 Å². The second-order valence-electron chi connectivity index (χ2n) is 5.23. The number of benzene rings is 2. The Morgan fingerprint density at radius 1 is 1.00 bits per heavy atom. The first kappa shape index (κ1) is 14.7. The highest BCUT2D eigenvalue weighted by atomic mass is 19.1. The minimum atomic E-state index is -0.915. The highest BCUT2D eigenvalue weighted by Crippen LogP contribution is 2.27. The molecule has 0 aliphatic carbocycles. The van der Waals surface area contributed by atoms with Crippen molar-refractivity contribution in [2.24, 2.45) is 0 Å². The smallest absolute Gasteiger partial charge is 0.129 e. The number of hydrogen-bond acceptors (Lipinski definition) is 1. The van der Waals surface area contributed by atoms with Crippen LogP contribution in [0.5, 0.6) is 0 Å². The summed E-state index contributed by atoms with van der Waals surface area (Å²) in [5, 5.41) is 10.3. The average Bonchev–Trinajstić information content (AvgIpc) is 2.32. The van der Waals surface area contributed by atoms with Gasteiger partial charge in [-0.05, 0) is 49.6 Å². The van der Waals surface area contributed by atoms with E-state index in [1.165, 1.54) is 18.2 Å². The summed E-state index contributed by atoms with van der Waals surface area (Å²) in [7, 11) is 0. The second-order valence-corrected chi connectivity index (χ2v) is 5.23. The quantitative estimate of drug-likeness (QED) is 0.892. The summed E-state index contributed by atoms with van der Waals surface area (Å²) in [5.74, 6) is -1.24. The molecule has 0 spiro atoms.